The zero-order chi connectivity index (χ0) is 14.9. The Hall–Kier alpha value is -1.32. The van der Waals surface area contributed by atoms with Crippen LogP contribution in [0.3, 0.4) is 0 Å². The van der Waals surface area contributed by atoms with Crippen LogP contribution < -0.4 is 10.2 Å². The van der Waals surface area contributed by atoms with Crippen LogP contribution in [0.25, 0.3) is 0 Å². The highest BCUT2D eigenvalue weighted by atomic mass is 15.2. The van der Waals surface area contributed by atoms with Gasteiger partial charge in [0, 0.05) is 31.6 Å². The number of piperidine rings is 1. The molecular formula is C16H28N4. The molecule has 4 heteroatoms. The van der Waals surface area contributed by atoms with Crippen LogP contribution in [0.2, 0.25) is 0 Å². The first-order chi connectivity index (χ1) is 9.43. The van der Waals surface area contributed by atoms with Gasteiger partial charge >= 0.3 is 0 Å². The second kappa shape index (κ2) is 5.98. The van der Waals surface area contributed by atoms with Gasteiger partial charge in [-0.25, -0.2) is 9.97 Å². The largest absolute Gasteiger partial charge is 0.373 e. The zero-order valence-corrected chi connectivity index (χ0v) is 13.7. The Morgan fingerprint density at radius 2 is 1.90 bits per heavy atom. The van der Waals surface area contributed by atoms with E-state index in [1.54, 1.807) is 0 Å². The maximum Gasteiger partial charge on any atom is 0.137 e. The maximum absolute atomic E-state index is 4.84. The molecular weight excluding hydrogens is 248 g/mol. The van der Waals surface area contributed by atoms with Gasteiger partial charge in [-0.1, -0.05) is 27.7 Å². The van der Waals surface area contributed by atoms with Gasteiger partial charge < -0.3 is 10.2 Å². The number of anilines is 2. The van der Waals surface area contributed by atoms with Gasteiger partial charge in [0.05, 0.1) is 0 Å². The van der Waals surface area contributed by atoms with E-state index >= 15 is 0 Å². The Labute approximate surface area is 123 Å². The van der Waals surface area contributed by atoms with Crippen LogP contribution in [-0.2, 0) is 0 Å². The van der Waals surface area contributed by atoms with Crippen LogP contribution in [-0.4, -0.2) is 30.1 Å². The van der Waals surface area contributed by atoms with E-state index in [-0.39, 0.29) is 0 Å². The lowest BCUT2D eigenvalue weighted by Gasteiger charge is -2.37. The molecule has 2 unspecified atom stereocenters. The Kier molecular flexibility index (Phi) is 4.51. The molecule has 20 heavy (non-hydrogen) atoms. The van der Waals surface area contributed by atoms with Crippen molar-refractivity contribution in [1.82, 2.24) is 9.97 Å². The summed E-state index contributed by atoms with van der Waals surface area (Å²) in [5, 5.41) is 3.21. The normalized spacial score (nSPS) is 23.2. The van der Waals surface area contributed by atoms with Crippen molar-refractivity contribution >= 4 is 11.6 Å². The minimum absolute atomic E-state index is 0.350. The minimum atomic E-state index is 0.350. The van der Waals surface area contributed by atoms with Crippen molar-refractivity contribution in [1.29, 1.82) is 0 Å². The number of nitrogens with one attached hydrogen (secondary N) is 1. The van der Waals surface area contributed by atoms with E-state index in [4.69, 9.17) is 4.98 Å². The molecule has 0 amide bonds. The molecule has 1 N–H and O–H groups in total. The zero-order valence-electron chi connectivity index (χ0n) is 13.7. The number of nitrogens with zero attached hydrogens (tertiary/aromatic N) is 3. The van der Waals surface area contributed by atoms with Crippen molar-refractivity contribution in [3.05, 3.63) is 11.4 Å². The summed E-state index contributed by atoms with van der Waals surface area (Å²) in [6.45, 7) is 13.3. The predicted octanol–water partition coefficient (Wildman–Crippen LogP) is 3.43. The molecule has 0 aromatic carbocycles. The van der Waals surface area contributed by atoms with Gasteiger partial charge in [-0.05, 0) is 25.2 Å². The molecule has 0 aliphatic carbocycles. The molecule has 0 spiro atoms. The molecule has 1 aromatic rings. The molecule has 1 aromatic heterocycles. The highest BCUT2D eigenvalue weighted by Crippen LogP contribution is 2.31. The van der Waals surface area contributed by atoms with E-state index in [0.29, 0.717) is 5.92 Å². The molecule has 2 heterocycles. The van der Waals surface area contributed by atoms with Crippen LogP contribution in [0.15, 0.2) is 0 Å². The summed E-state index contributed by atoms with van der Waals surface area (Å²) in [4.78, 5) is 11.9. The summed E-state index contributed by atoms with van der Waals surface area (Å²) in [6.07, 6.45) is 1.25. The molecule has 1 aliphatic heterocycles. The van der Waals surface area contributed by atoms with E-state index in [1.807, 2.05) is 7.05 Å². The summed E-state index contributed by atoms with van der Waals surface area (Å²) in [5.74, 6) is 4.89. The molecule has 0 bridgehead atoms. The molecule has 1 aliphatic rings. The lowest BCUT2D eigenvalue weighted by molar-refractivity contribution is 0.322. The quantitative estimate of drug-likeness (QED) is 0.918. The van der Waals surface area contributed by atoms with E-state index in [1.165, 1.54) is 12.0 Å². The molecule has 2 atom stereocenters. The van der Waals surface area contributed by atoms with Gasteiger partial charge in [0.25, 0.3) is 0 Å². The third-order valence-corrected chi connectivity index (χ3v) is 4.52. The van der Waals surface area contributed by atoms with Crippen molar-refractivity contribution in [3.63, 3.8) is 0 Å². The van der Waals surface area contributed by atoms with E-state index in [9.17, 15) is 0 Å². The van der Waals surface area contributed by atoms with Crippen molar-refractivity contribution in [2.45, 2.75) is 47.0 Å². The average molecular weight is 276 g/mol. The first kappa shape index (κ1) is 15.1. The van der Waals surface area contributed by atoms with Gasteiger partial charge in [0.1, 0.15) is 17.5 Å². The van der Waals surface area contributed by atoms with Crippen LogP contribution in [0.4, 0.5) is 11.6 Å². The van der Waals surface area contributed by atoms with E-state index < -0.39 is 0 Å². The van der Waals surface area contributed by atoms with Crippen molar-refractivity contribution in [3.8, 4) is 0 Å². The molecule has 0 radical (unpaired) electrons. The molecule has 2 rings (SSSR count). The summed E-state index contributed by atoms with van der Waals surface area (Å²) in [6, 6.07) is 0. The minimum Gasteiger partial charge on any atom is -0.373 e. The van der Waals surface area contributed by atoms with E-state index in [0.717, 1.165) is 42.4 Å². The molecule has 112 valence electrons. The standard InChI is InChI=1S/C16H28N4/c1-10(2)14-18-15(17-6)13(5)16(19-14)20-8-7-11(3)12(4)9-20/h10-12H,7-9H2,1-6H3,(H,17,18,19). The Bertz CT molecular complexity index is 470. The molecule has 0 saturated carbocycles. The third kappa shape index (κ3) is 2.89. The number of rotatable bonds is 3. The third-order valence-electron chi connectivity index (χ3n) is 4.52. The van der Waals surface area contributed by atoms with Gasteiger partial charge in [-0.3, -0.25) is 0 Å². The second-order valence-electron chi connectivity index (χ2n) is 6.47. The fourth-order valence-corrected chi connectivity index (χ4v) is 2.79. The Morgan fingerprint density at radius 3 is 2.45 bits per heavy atom. The second-order valence-corrected chi connectivity index (χ2v) is 6.47. The first-order valence-electron chi connectivity index (χ1n) is 7.75. The summed E-state index contributed by atoms with van der Waals surface area (Å²) in [5.41, 5.74) is 1.17. The average Bonchev–Trinajstić information content (AvgIpc) is 2.42. The van der Waals surface area contributed by atoms with E-state index in [2.05, 4.69) is 49.8 Å². The Morgan fingerprint density at radius 1 is 1.20 bits per heavy atom. The Balaban J connectivity index is 2.37. The number of hydrogen-bond donors (Lipinski definition) is 1. The highest BCUT2D eigenvalue weighted by Gasteiger charge is 2.26. The summed E-state index contributed by atoms with van der Waals surface area (Å²) < 4.78 is 0. The predicted molar refractivity (Wildman–Crippen MR) is 85.6 cm³/mol. The smallest absolute Gasteiger partial charge is 0.137 e. The van der Waals surface area contributed by atoms with Crippen molar-refractivity contribution < 1.29 is 0 Å². The fourth-order valence-electron chi connectivity index (χ4n) is 2.79. The lowest BCUT2D eigenvalue weighted by atomic mass is 9.88. The van der Waals surface area contributed by atoms with Gasteiger partial charge in [0.2, 0.25) is 0 Å². The summed E-state index contributed by atoms with van der Waals surface area (Å²) >= 11 is 0. The van der Waals surface area contributed by atoms with Crippen molar-refractivity contribution in [2.24, 2.45) is 11.8 Å². The van der Waals surface area contributed by atoms with Crippen LogP contribution in [0.1, 0.15) is 51.4 Å². The highest BCUT2D eigenvalue weighted by molar-refractivity contribution is 5.58. The van der Waals surface area contributed by atoms with Crippen LogP contribution in [0.5, 0.6) is 0 Å². The van der Waals surface area contributed by atoms with Gasteiger partial charge in [-0.2, -0.15) is 0 Å². The number of aromatic nitrogens is 2. The topological polar surface area (TPSA) is 41.1 Å². The van der Waals surface area contributed by atoms with Crippen LogP contribution in [0, 0.1) is 18.8 Å². The monoisotopic (exact) mass is 276 g/mol. The maximum atomic E-state index is 4.84. The van der Waals surface area contributed by atoms with Crippen molar-refractivity contribution in [2.75, 3.05) is 30.4 Å². The SMILES string of the molecule is CNc1nc(C(C)C)nc(N2CCC(C)C(C)C2)c1C. The summed E-state index contributed by atoms with van der Waals surface area (Å²) in [7, 11) is 1.93. The first-order valence-corrected chi connectivity index (χ1v) is 7.75. The van der Waals surface area contributed by atoms with Crippen LogP contribution >= 0.6 is 0 Å². The lowest BCUT2D eigenvalue weighted by Crippen LogP contribution is -2.39. The molecule has 4 nitrogen and oxygen atoms in total. The van der Waals surface area contributed by atoms with Gasteiger partial charge in [-0.15, -0.1) is 0 Å². The number of hydrogen-bond acceptors (Lipinski definition) is 4. The fraction of sp³-hybridized carbons (Fsp3) is 0.750. The van der Waals surface area contributed by atoms with Gasteiger partial charge in [0.15, 0.2) is 0 Å². The molecule has 1 saturated heterocycles. The molecule has 1 fully saturated rings.